The smallest absolute Gasteiger partial charge is 0.410 e. The largest absolute Gasteiger partial charge is 0.448 e. The van der Waals surface area contributed by atoms with Crippen molar-refractivity contribution in [3.8, 4) is 0 Å². The third-order valence-corrected chi connectivity index (χ3v) is 4.04. The third kappa shape index (κ3) is 4.72. The topological polar surface area (TPSA) is 70.7 Å². The van der Waals surface area contributed by atoms with Crippen LogP contribution in [0.15, 0.2) is 48.5 Å². The van der Waals surface area contributed by atoms with Crippen molar-refractivity contribution in [2.75, 3.05) is 25.0 Å². The van der Waals surface area contributed by atoms with Crippen LogP contribution in [0.2, 0.25) is 0 Å². The zero-order valence-electron chi connectivity index (χ0n) is 14.2. The Bertz CT molecular complexity index is 797. The fourth-order valence-electron chi connectivity index (χ4n) is 2.72. The summed E-state index contributed by atoms with van der Waals surface area (Å²) >= 11 is 0. The Labute approximate surface area is 150 Å². The van der Waals surface area contributed by atoms with Crippen molar-refractivity contribution in [1.82, 2.24) is 10.2 Å². The monoisotopic (exact) mass is 357 g/mol. The lowest BCUT2D eigenvalue weighted by molar-refractivity contribution is 0.157. The molecule has 0 atom stereocenters. The van der Waals surface area contributed by atoms with Gasteiger partial charge in [-0.3, -0.25) is 0 Å². The lowest BCUT2D eigenvalue weighted by Gasteiger charge is -2.14. The summed E-state index contributed by atoms with van der Waals surface area (Å²) < 4.78 is 18.4. The molecular formula is C19H20FN3O3. The number of ether oxygens (including phenoxy) is 1. The van der Waals surface area contributed by atoms with Crippen molar-refractivity contribution >= 4 is 17.8 Å². The zero-order chi connectivity index (χ0) is 18.4. The quantitative estimate of drug-likeness (QED) is 0.834. The fraction of sp³-hybridized carbons (Fsp3) is 0.263. The van der Waals surface area contributed by atoms with E-state index in [1.165, 1.54) is 6.07 Å². The van der Waals surface area contributed by atoms with E-state index in [2.05, 4.69) is 10.6 Å². The van der Waals surface area contributed by atoms with E-state index in [1.54, 1.807) is 29.2 Å². The number of hydrogen-bond donors (Lipinski definition) is 2. The number of carbonyl (C=O) groups is 2. The highest BCUT2D eigenvalue weighted by Crippen LogP contribution is 2.15. The number of nitrogens with zero attached hydrogens (tertiary/aromatic N) is 1. The average Bonchev–Trinajstić information content (AvgIpc) is 3.02. The number of cyclic esters (lactones) is 1. The molecule has 0 aliphatic carbocycles. The summed E-state index contributed by atoms with van der Waals surface area (Å²) in [6.45, 7) is 1.73. The van der Waals surface area contributed by atoms with Gasteiger partial charge in [0.25, 0.3) is 0 Å². The number of amides is 3. The van der Waals surface area contributed by atoms with E-state index in [-0.39, 0.29) is 17.9 Å². The minimum absolute atomic E-state index is 0.275. The lowest BCUT2D eigenvalue weighted by Crippen LogP contribution is -2.30. The van der Waals surface area contributed by atoms with Gasteiger partial charge in [0.05, 0.1) is 6.54 Å². The molecule has 6 nitrogen and oxygen atoms in total. The van der Waals surface area contributed by atoms with Crippen LogP contribution in [0.5, 0.6) is 0 Å². The molecule has 3 rings (SSSR count). The van der Waals surface area contributed by atoms with Crippen molar-refractivity contribution in [2.45, 2.75) is 13.0 Å². The Kier molecular flexibility index (Phi) is 5.68. The van der Waals surface area contributed by atoms with Crippen LogP contribution in [0.4, 0.5) is 19.7 Å². The standard InChI is InChI=1S/C19H20FN3O3/c20-17-7-2-1-5-15(17)8-9-21-18(24)22-16-6-3-4-14(12-16)13-23-10-11-26-19(23)25/h1-7,12H,8-11,13H2,(H2,21,22,24). The molecule has 2 aromatic carbocycles. The molecule has 0 spiro atoms. The normalized spacial score (nSPS) is 13.4. The molecule has 26 heavy (non-hydrogen) atoms. The second-order valence-corrected chi connectivity index (χ2v) is 5.96. The number of anilines is 1. The minimum atomic E-state index is -0.362. The first kappa shape index (κ1) is 17.7. The second kappa shape index (κ2) is 8.33. The van der Waals surface area contributed by atoms with Gasteiger partial charge in [0.1, 0.15) is 12.4 Å². The van der Waals surface area contributed by atoms with E-state index in [0.717, 1.165) is 5.56 Å². The first-order valence-corrected chi connectivity index (χ1v) is 8.41. The molecule has 0 saturated carbocycles. The summed E-state index contributed by atoms with van der Waals surface area (Å²) in [4.78, 5) is 25.1. The van der Waals surface area contributed by atoms with Crippen molar-refractivity contribution in [3.63, 3.8) is 0 Å². The van der Waals surface area contributed by atoms with E-state index in [1.807, 2.05) is 18.2 Å². The van der Waals surface area contributed by atoms with Crippen LogP contribution in [0, 0.1) is 5.82 Å². The molecule has 0 aromatic heterocycles. The van der Waals surface area contributed by atoms with Crippen LogP contribution >= 0.6 is 0 Å². The number of hydrogen-bond acceptors (Lipinski definition) is 3. The zero-order valence-corrected chi connectivity index (χ0v) is 14.2. The number of urea groups is 1. The molecule has 1 saturated heterocycles. The molecule has 1 fully saturated rings. The Balaban J connectivity index is 1.49. The predicted octanol–water partition coefficient (Wildman–Crippen LogP) is 3.14. The highest BCUT2D eigenvalue weighted by atomic mass is 19.1. The molecule has 2 N–H and O–H groups in total. The van der Waals surface area contributed by atoms with Gasteiger partial charge in [0.15, 0.2) is 0 Å². The van der Waals surface area contributed by atoms with Gasteiger partial charge in [0.2, 0.25) is 0 Å². The lowest BCUT2D eigenvalue weighted by atomic mass is 10.1. The maximum atomic E-state index is 13.5. The number of nitrogens with one attached hydrogen (secondary N) is 2. The maximum Gasteiger partial charge on any atom is 0.410 e. The van der Waals surface area contributed by atoms with Crippen molar-refractivity contribution < 1.29 is 18.7 Å². The van der Waals surface area contributed by atoms with Crippen molar-refractivity contribution in [2.24, 2.45) is 0 Å². The van der Waals surface area contributed by atoms with Crippen molar-refractivity contribution in [1.29, 1.82) is 0 Å². The van der Waals surface area contributed by atoms with E-state index in [9.17, 15) is 14.0 Å². The Morgan fingerprint density at radius 2 is 2.04 bits per heavy atom. The molecule has 136 valence electrons. The molecule has 1 aliphatic heterocycles. The molecular weight excluding hydrogens is 337 g/mol. The van der Waals surface area contributed by atoms with Gasteiger partial charge in [-0.2, -0.15) is 0 Å². The fourth-order valence-corrected chi connectivity index (χ4v) is 2.72. The summed E-state index contributed by atoms with van der Waals surface area (Å²) in [6, 6.07) is 13.4. The molecule has 0 unspecified atom stereocenters. The molecule has 1 aliphatic rings. The predicted molar refractivity (Wildman–Crippen MR) is 95.3 cm³/mol. The molecule has 0 radical (unpaired) electrons. The van der Waals surface area contributed by atoms with E-state index < -0.39 is 0 Å². The van der Waals surface area contributed by atoms with Gasteiger partial charge in [-0.05, 0) is 35.7 Å². The van der Waals surface area contributed by atoms with Gasteiger partial charge in [0, 0.05) is 18.8 Å². The Hall–Kier alpha value is -3.09. The first-order valence-electron chi connectivity index (χ1n) is 8.41. The summed E-state index contributed by atoms with van der Waals surface area (Å²) in [5.74, 6) is -0.275. The SMILES string of the molecule is O=C(NCCc1ccccc1F)Nc1cccc(CN2CCOC2=O)c1. The second-order valence-electron chi connectivity index (χ2n) is 5.96. The van der Waals surface area contributed by atoms with Crippen molar-refractivity contribution in [3.05, 3.63) is 65.5 Å². The average molecular weight is 357 g/mol. The maximum absolute atomic E-state index is 13.5. The van der Waals surface area contributed by atoms with E-state index >= 15 is 0 Å². The van der Waals surface area contributed by atoms with Gasteiger partial charge >= 0.3 is 12.1 Å². The van der Waals surface area contributed by atoms with E-state index in [4.69, 9.17) is 4.74 Å². The number of halogens is 1. The van der Waals surface area contributed by atoms with Gasteiger partial charge < -0.3 is 20.3 Å². The van der Waals surface area contributed by atoms with Crippen LogP contribution in [0.1, 0.15) is 11.1 Å². The van der Waals surface area contributed by atoms with Crippen LogP contribution in [0.25, 0.3) is 0 Å². The molecule has 0 bridgehead atoms. The number of carbonyl (C=O) groups excluding carboxylic acids is 2. The highest BCUT2D eigenvalue weighted by Gasteiger charge is 2.21. The molecule has 1 heterocycles. The molecule has 3 amide bonds. The van der Waals surface area contributed by atoms with Crippen LogP contribution in [-0.2, 0) is 17.7 Å². The minimum Gasteiger partial charge on any atom is -0.448 e. The van der Waals surface area contributed by atoms with Gasteiger partial charge in [-0.15, -0.1) is 0 Å². The molecule has 7 heteroatoms. The Morgan fingerprint density at radius 1 is 1.19 bits per heavy atom. The first-order chi connectivity index (χ1) is 12.6. The Morgan fingerprint density at radius 3 is 2.81 bits per heavy atom. The molecule has 2 aromatic rings. The summed E-state index contributed by atoms with van der Waals surface area (Å²) in [5.41, 5.74) is 2.08. The number of benzene rings is 2. The van der Waals surface area contributed by atoms with Crippen LogP contribution < -0.4 is 10.6 Å². The van der Waals surface area contributed by atoms with Gasteiger partial charge in [-0.1, -0.05) is 30.3 Å². The summed E-state index contributed by atoms with van der Waals surface area (Å²) in [7, 11) is 0. The summed E-state index contributed by atoms with van der Waals surface area (Å²) in [5, 5.41) is 5.45. The highest BCUT2D eigenvalue weighted by molar-refractivity contribution is 5.89. The third-order valence-electron chi connectivity index (χ3n) is 4.04. The van der Waals surface area contributed by atoms with Crippen LogP contribution in [-0.4, -0.2) is 36.7 Å². The van der Waals surface area contributed by atoms with Crippen LogP contribution in [0.3, 0.4) is 0 Å². The number of rotatable bonds is 6. The van der Waals surface area contributed by atoms with Gasteiger partial charge in [-0.25, -0.2) is 14.0 Å². The summed E-state index contributed by atoms with van der Waals surface area (Å²) in [6.07, 6.45) is 0.0891. The van der Waals surface area contributed by atoms with E-state index in [0.29, 0.717) is 43.9 Å².